The molecule has 0 bridgehead atoms. The van der Waals surface area contributed by atoms with Crippen LogP contribution in [0.2, 0.25) is 0 Å². The Balaban J connectivity index is 1.25. The van der Waals surface area contributed by atoms with Gasteiger partial charge in [-0.1, -0.05) is 18.2 Å². The van der Waals surface area contributed by atoms with Crippen LogP contribution in [0, 0.1) is 0 Å². The predicted molar refractivity (Wildman–Crippen MR) is 111 cm³/mol. The molecule has 1 aromatic carbocycles. The standard InChI is InChI=1S/C22H23N5O3/c28-22(17-6-1-2-7-18(17)27-11-5-10-24-27)26-12-19-20(13-26)30-15-16(14-29-19)25-21-8-3-4-9-23-21/h1-11,16,19-20H,12-15H2,(H,23,25)/t19-,20-/m0/s1. The molecular formula is C22H23N5O3. The van der Waals surface area contributed by atoms with Crippen LogP contribution in [0.25, 0.3) is 5.69 Å². The van der Waals surface area contributed by atoms with Crippen molar-refractivity contribution in [1.82, 2.24) is 19.7 Å². The maximum atomic E-state index is 13.3. The highest BCUT2D eigenvalue weighted by molar-refractivity contribution is 5.98. The molecule has 2 saturated heterocycles. The highest BCUT2D eigenvalue weighted by Gasteiger charge is 2.40. The van der Waals surface area contributed by atoms with Crippen LogP contribution in [0.3, 0.4) is 0 Å². The number of aromatic nitrogens is 3. The Morgan fingerprint density at radius 2 is 1.73 bits per heavy atom. The number of hydrogen-bond acceptors (Lipinski definition) is 6. The summed E-state index contributed by atoms with van der Waals surface area (Å²) in [6.45, 7) is 2.02. The average molecular weight is 405 g/mol. The summed E-state index contributed by atoms with van der Waals surface area (Å²) in [5.74, 6) is 0.762. The lowest BCUT2D eigenvalue weighted by Gasteiger charge is -2.20. The van der Waals surface area contributed by atoms with Crippen molar-refractivity contribution >= 4 is 11.7 Å². The molecule has 0 spiro atoms. The lowest BCUT2D eigenvalue weighted by atomic mass is 10.1. The molecule has 3 aromatic rings. The molecule has 0 aliphatic carbocycles. The summed E-state index contributed by atoms with van der Waals surface area (Å²) >= 11 is 0. The van der Waals surface area contributed by atoms with Crippen molar-refractivity contribution in [1.29, 1.82) is 0 Å². The van der Waals surface area contributed by atoms with Gasteiger partial charge in [-0.05, 0) is 30.3 Å². The van der Waals surface area contributed by atoms with Gasteiger partial charge in [-0.3, -0.25) is 4.79 Å². The van der Waals surface area contributed by atoms with E-state index in [4.69, 9.17) is 9.47 Å². The smallest absolute Gasteiger partial charge is 0.256 e. The summed E-state index contributed by atoms with van der Waals surface area (Å²) in [6, 6.07) is 15.1. The quantitative estimate of drug-likeness (QED) is 0.715. The first-order chi connectivity index (χ1) is 14.8. The first-order valence-corrected chi connectivity index (χ1v) is 10.1. The maximum Gasteiger partial charge on any atom is 0.256 e. The second kappa shape index (κ2) is 8.25. The molecule has 154 valence electrons. The van der Waals surface area contributed by atoms with Gasteiger partial charge < -0.3 is 19.7 Å². The average Bonchev–Trinajstić information content (AvgIpc) is 3.43. The summed E-state index contributed by atoms with van der Waals surface area (Å²) in [5.41, 5.74) is 1.38. The Labute approximate surface area is 174 Å². The van der Waals surface area contributed by atoms with Crippen LogP contribution in [0.4, 0.5) is 5.82 Å². The number of fused-ring (bicyclic) bond motifs is 1. The fraction of sp³-hybridized carbons (Fsp3) is 0.318. The Kier molecular flexibility index (Phi) is 5.17. The van der Waals surface area contributed by atoms with Crippen molar-refractivity contribution in [3.05, 3.63) is 72.7 Å². The molecule has 30 heavy (non-hydrogen) atoms. The fourth-order valence-electron chi connectivity index (χ4n) is 3.93. The van der Waals surface area contributed by atoms with Crippen molar-refractivity contribution in [2.24, 2.45) is 0 Å². The molecule has 4 heterocycles. The molecule has 8 nitrogen and oxygen atoms in total. The van der Waals surface area contributed by atoms with Gasteiger partial charge in [-0.2, -0.15) is 5.10 Å². The van der Waals surface area contributed by atoms with E-state index in [2.05, 4.69) is 15.4 Å². The third-order valence-corrected chi connectivity index (χ3v) is 5.43. The van der Waals surface area contributed by atoms with Crippen LogP contribution >= 0.6 is 0 Å². The van der Waals surface area contributed by atoms with Gasteiger partial charge in [0.25, 0.3) is 5.91 Å². The molecule has 2 atom stereocenters. The van der Waals surface area contributed by atoms with Crippen molar-refractivity contribution in [3.63, 3.8) is 0 Å². The lowest BCUT2D eigenvalue weighted by Crippen LogP contribution is -2.34. The number of carbonyl (C=O) groups excluding carboxylic acids is 1. The monoisotopic (exact) mass is 405 g/mol. The molecule has 0 saturated carbocycles. The van der Waals surface area contributed by atoms with Crippen LogP contribution in [-0.4, -0.2) is 70.1 Å². The van der Waals surface area contributed by atoms with Gasteiger partial charge in [-0.15, -0.1) is 0 Å². The number of benzene rings is 1. The van der Waals surface area contributed by atoms with Gasteiger partial charge >= 0.3 is 0 Å². The summed E-state index contributed by atoms with van der Waals surface area (Å²) in [5, 5.41) is 7.61. The summed E-state index contributed by atoms with van der Waals surface area (Å²) in [4.78, 5) is 19.4. The summed E-state index contributed by atoms with van der Waals surface area (Å²) < 4.78 is 13.9. The number of rotatable bonds is 4. The molecule has 8 heteroatoms. The van der Waals surface area contributed by atoms with E-state index >= 15 is 0 Å². The van der Waals surface area contributed by atoms with Crippen LogP contribution in [0.1, 0.15) is 10.4 Å². The van der Waals surface area contributed by atoms with E-state index in [1.807, 2.05) is 59.6 Å². The number of para-hydroxylation sites is 1. The molecule has 2 fully saturated rings. The van der Waals surface area contributed by atoms with Gasteiger partial charge in [0, 0.05) is 31.7 Å². The van der Waals surface area contributed by atoms with Crippen molar-refractivity contribution < 1.29 is 14.3 Å². The fourth-order valence-corrected chi connectivity index (χ4v) is 3.93. The second-order valence-corrected chi connectivity index (χ2v) is 7.48. The topological polar surface area (TPSA) is 81.5 Å². The highest BCUT2D eigenvalue weighted by Crippen LogP contribution is 2.24. The zero-order chi connectivity index (χ0) is 20.3. The van der Waals surface area contributed by atoms with Gasteiger partial charge in [0.1, 0.15) is 18.0 Å². The van der Waals surface area contributed by atoms with E-state index in [0.29, 0.717) is 31.9 Å². The van der Waals surface area contributed by atoms with E-state index in [-0.39, 0.29) is 24.2 Å². The second-order valence-electron chi connectivity index (χ2n) is 7.48. The number of pyridine rings is 1. The molecule has 1 N–H and O–H groups in total. The third-order valence-electron chi connectivity index (χ3n) is 5.43. The highest BCUT2D eigenvalue weighted by atomic mass is 16.6. The summed E-state index contributed by atoms with van der Waals surface area (Å²) in [6.07, 6.45) is 5.01. The minimum Gasteiger partial charge on any atom is -0.371 e. The Morgan fingerprint density at radius 3 is 2.43 bits per heavy atom. The van der Waals surface area contributed by atoms with Crippen molar-refractivity contribution in [3.8, 4) is 5.69 Å². The van der Waals surface area contributed by atoms with Gasteiger partial charge in [0.15, 0.2) is 0 Å². The number of ether oxygens (including phenoxy) is 2. The number of amides is 1. The number of likely N-dealkylation sites (tertiary alicyclic amines) is 1. The number of carbonyl (C=O) groups is 1. The van der Waals surface area contributed by atoms with Crippen LogP contribution < -0.4 is 5.32 Å². The van der Waals surface area contributed by atoms with Gasteiger partial charge in [-0.25, -0.2) is 9.67 Å². The van der Waals surface area contributed by atoms with Crippen molar-refractivity contribution in [2.75, 3.05) is 31.6 Å². The first-order valence-electron chi connectivity index (χ1n) is 10.1. The largest absolute Gasteiger partial charge is 0.371 e. The normalized spacial score (nSPS) is 21.8. The molecule has 0 radical (unpaired) electrons. The van der Waals surface area contributed by atoms with E-state index < -0.39 is 0 Å². The zero-order valence-electron chi connectivity index (χ0n) is 16.4. The summed E-state index contributed by atoms with van der Waals surface area (Å²) in [7, 11) is 0. The minimum atomic E-state index is -0.138. The number of anilines is 1. The Morgan fingerprint density at radius 1 is 0.967 bits per heavy atom. The molecular weight excluding hydrogens is 382 g/mol. The zero-order valence-corrected chi connectivity index (χ0v) is 16.4. The van der Waals surface area contributed by atoms with Gasteiger partial charge in [0.05, 0.1) is 30.5 Å². The number of nitrogens with one attached hydrogen (secondary N) is 1. The van der Waals surface area contributed by atoms with E-state index in [1.54, 1.807) is 17.1 Å². The van der Waals surface area contributed by atoms with Crippen LogP contribution in [-0.2, 0) is 9.47 Å². The molecule has 5 rings (SSSR count). The van der Waals surface area contributed by atoms with Gasteiger partial charge in [0.2, 0.25) is 0 Å². The van der Waals surface area contributed by atoms with E-state index in [0.717, 1.165) is 11.5 Å². The Hall–Kier alpha value is -3.23. The molecule has 0 unspecified atom stereocenters. The first kappa shape index (κ1) is 18.8. The lowest BCUT2D eigenvalue weighted by molar-refractivity contribution is -0.00461. The predicted octanol–water partition coefficient (Wildman–Crippen LogP) is 1.99. The number of nitrogens with zero attached hydrogens (tertiary/aromatic N) is 4. The maximum absolute atomic E-state index is 13.3. The minimum absolute atomic E-state index is 0.0233. The van der Waals surface area contributed by atoms with Crippen LogP contribution in [0.15, 0.2) is 67.1 Å². The van der Waals surface area contributed by atoms with Crippen LogP contribution in [0.5, 0.6) is 0 Å². The van der Waals surface area contributed by atoms with Crippen molar-refractivity contribution in [2.45, 2.75) is 18.2 Å². The molecule has 2 aliphatic rings. The third kappa shape index (κ3) is 3.79. The molecule has 2 aliphatic heterocycles. The molecule has 2 aromatic heterocycles. The van der Waals surface area contributed by atoms with E-state index in [1.165, 1.54) is 0 Å². The molecule has 1 amide bonds. The Bertz CT molecular complexity index is 979. The van der Waals surface area contributed by atoms with E-state index in [9.17, 15) is 4.79 Å². The number of hydrogen-bond donors (Lipinski definition) is 1. The SMILES string of the molecule is O=C(c1ccccc1-n1cccn1)N1C[C@@H]2OCC(Nc3ccccn3)CO[C@H]2C1.